The first-order valence-corrected chi connectivity index (χ1v) is 6.71. The second-order valence-electron chi connectivity index (χ2n) is 5.37. The molecule has 21 heavy (non-hydrogen) atoms. The summed E-state index contributed by atoms with van der Waals surface area (Å²) in [7, 11) is 1.63. The van der Waals surface area contributed by atoms with Crippen LogP contribution in [0.25, 0.3) is 0 Å². The molecular weight excluding hydrogens is 268 g/mol. The van der Waals surface area contributed by atoms with E-state index in [1.54, 1.807) is 19.2 Å². The summed E-state index contributed by atoms with van der Waals surface area (Å²) in [5, 5.41) is 9.05. The number of carboxylic acid groups (broad SMARTS) is 1. The molecule has 0 aliphatic carbocycles. The fourth-order valence-corrected chi connectivity index (χ4v) is 2.68. The zero-order chi connectivity index (χ0) is 15.0. The van der Waals surface area contributed by atoms with E-state index in [0.29, 0.717) is 12.2 Å². The molecule has 1 N–H and O–H groups in total. The average molecular weight is 284 g/mol. The molecule has 1 heterocycles. The molecule has 1 aliphatic rings. The first-order chi connectivity index (χ1) is 10.0. The maximum Gasteiger partial charge on any atom is 0.335 e. The lowest BCUT2D eigenvalue weighted by Crippen LogP contribution is -2.26. The molecule has 4 heteroatoms. The number of hydrogen-bond donors (Lipinski definition) is 1. The lowest BCUT2D eigenvalue weighted by Gasteiger charge is -2.24. The summed E-state index contributed by atoms with van der Waals surface area (Å²) in [6.07, 6.45) is 0.717. The number of hydrogen-bond acceptors (Lipinski definition) is 3. The lowest BCUT2D eigenvalue weighted by atomic mass is 9.91. The zero-order valence-electron chi connectivity index (χ0n) is 11.9. The molecule has 0 saturated heterocycles. The molecule has 2 aromatic rings. The van der Waals surface area contributed by atoms with Crippen LogP contribution in [0.5, 0.6) is 11.5 Å². The Morgan fingerprint density at radius 2 is 1.95 bits per heavy atom. The van der Waals surface area contributed by atoms with Gasteiger partial charge in [-0.3, -0.25) is 0 Å². The summed E-state index contributed by atoms with van der Waals surface area (Å²) in [5.41, 5.74) is 1.83. The van der Waals surface area contributed by atoms with Crippen LogP contribution in [0.15, 0.2) is 42.5 Å². The summed E-state index contributed by atoms with van der Waals surface area (Å²) in [5.74, 6) is 0.499. The van der Waals surface area contributed by atoms with Crippen molar-refractivity contribution in [1.29, 1.82) is 0 Å². The van der Waals surface area contributed by atoms with Crippen LogP contribution in [0, 0.1) is 0 Å². The molecule has 0 amide bonds. The van der Waals surface area contributed by atoms with E-state index in [-0.39, 0.29) is 5.56 Å². The van der Waals surface area contributed by atoms with Gasteiger partial charge >= 0.3 is 5.97 Å². The van der Waals surface area contributed by atoms with Crippen molar-refractivity contribution >= 4 is 5.97 Å². The number of carbonyl (C=O) groups is 1. The predicted molar refractivity (Wildman–Crippen MR) is 78.1 cm³/mol. The summed E-state index contributed by atoms with van der Waals surface area (Å²) in [6.45, 7) is 2.01. The van der Waals surface area contributed by atoms with Gasteiger partial charge in [0.05, 0.1) is 12.7 Å². The van der Waals surface area contributed by atoms with Crippen LogP contribution in [-0.2, 0) is 12.0 Å². The molecule has 0 fully saturated rings. The van der Waals surface area contributed by atoms with Crippen LogP contribution in [-0.4, -0.2) is 18.2 Å². The maximum atomic E-state index is 11.0. The molecule has 108 valence electrons. The van der Waals surface area contributed by atoms with E-state index in [9.17, 15) is 4.79 Å². The zero-order valence-corrected chi connectivity index (χ0v) is 11.9. The Labute approximate surface area is 122 Å². The third-order valence-corrected chi connectivity index (χ3v) is 3.88. The van der Waals surface area contributed by atoms with Crippen molar-refractivity contribution in [2.75, 3.05) is 7.11 Å². The number of aromatic carboxylic acids is 1. The first kappa shape index (κ1) is 13.5. The Morgan fingerprint density at radius 3 is 2.57 bits per heavy atom. The molecule has 2 aromatic carbocycles. The van der Waals surface area contributed by atoms with Crippen molar-refractivity contribution in [2.45, 2.75) is 18.9 Å². The van der Waals surface area contributed by atoms with E-state index in [1.807, 2.05) is 37.3 Å². The SMILES string of the molecule is COc1ccc(C2(C)Cc3ccc(C(=O)O)cc3O2)cc1. The van der Waals surface area contributed by atoms with Crippen molar-refractivity contribution in [1.82, 2.24) is 0 Å². The molecule has 4 nitrogen and oxygen atoms in total. The van der Waals surface area contributed by atoms with Crippen molar-refractivity contribution in [3.8, 4) is 11.5 Å². The van der Waals surface area contributed by atoms with Crippen LogP contribution in [0.3, 0.4) is 0 Å². The molecule has 1 atom stereocenters. The number of fused-ring (bicyclic) bond motifs is 1. The molecule has 1 unspecified atom stereocenters. The molecule has 0 spiro atoms. The van der Waals surface area contributed by atoms with E-state index in [2.05, 4.69) is 0 Å². The Balaban J connectivity index is 1.92. The Morgan fingerprint density at radius 1 is 1.24 bits per heavy atom. The largest absolute Gasteiger partial charge is 0.497 e. The molecule has 1 aliphatic heterocycles. The average Bonchev–Trinajstić information content (AvgIpc) is 2.83. The van der Waals surface area contributed by atoms with Gasteiger partial charge in [-0.25, -0.2) is 4.79 Å². The van der Waals surface area contributed by atoms with E-state index >= 15 is 0 Å². The summed E-state index contributed by atoms with van der Waals surface area (Å²) < 4.78 is 11.2. The fraction of sp³-hybridized carbons (Fsp3) is 0.235. The summed E-state index contributed by atoms with van der Waals surface area (Å²) >= 11 is 0. The lowest BCUT2D eigenvalue weighted by molar-refractivity contribution is 0.0695. The second kappa shape index (κ2) is 4.81. The van der Waals surface area contributed by atoms with Crippen LogP contribution in [0.2, 0.25) is 0 Å². The third kappa shape index (κ3) is 2.33. The number of ether oxygens (including phenoxy) is 2. The van der Waals surface area contributed by atoms with Gasteiger partial charge < -0.3 is 14.6 Å². The molecular formula is C17H16O4. The third-order valence-electron chi connectivity index (χ3n) is 3.88. The monoisotopic (exact) mass is 284 g/mol. The van der Waals surface area contributed by atoms with E-state index < -0.39 is 11.6 Å². The quantitative estimate of drug-likeness (QED) is 0.940. The first-order valence-electron chi connectivity index (χ1n) is 6.71. The Kier molecular flexibility index (Phi) is 3.09. The topological polar surface area (TPSA) is 55.8 Å². The van der Waals surface area contributed by atoms with Gasteiger partial charge in [-0.15, -0.1) is 0 Å². The van der Waals surface area contributed by atoms with Crippen LogP contribution in [0.4, 0.5) is 0 Å². The van der Waals surface area contributed by atoms with E-state index in [0.717, 1.165) is 16.9 Å². The van der Waals surface area contributed by atoms with Gasteiger partial charge in [0, 0.05) is 6.42 Å². The number of rotatable bonds is 3. The van der Waals surface area contributed by atoms with E-state index in [1.165, 1.54) is 0 Å². The van der Waals surface area contributed by atoms with Crippen molar-refractivity contribution in [2.24, 2.45) is 0 Å². The maximum absolute atomic E-state index is 11.0. The van der Waals surface area contributed by atoms with Gasteiger partial charge in [0.2, 0.25) is 0 Å². The van der Waals surface area contributed by atoms with Crippen LogP contribution < -0.4 is 9.47 Å². The minimum absolute atomic E-state index is 0.243. The molecule has 0 radical (unpaired) electrons. The van der Waals surface area contributed by atoms with Crippen molar-refractivity contribution < 1.29 is 19.4 Å². The number of carboxylic acids is 1. The highest BCUT2D eigenvalue weighted by Crippen LogP contribution is 2.41. The van der Waals surface area contributed by atoms with Gasteiger partial charge in [0.25, 0.3) is 0 Å². The molecule has 0 aromatic heterocycles. The van der Waals surface area contributed by atoms with Gasteiger partial charge in [-0.2, -0.15) is 0 Å². The highest BCUT2D eigenvalue weighted by Gasteiger charge is 2.36. The summed E-state index contributed by atoms with van der Waals surface area (Å²) in [4.78, 5) is 11.0. The van der Waals surface area contributed by atoms with Crippen molar-refractivity contribution in [3.05, 3.63) is 59.2 Å². The fourth-order valence-electron chi connectivity index (χ4n) is 2.68. The Bertz CT molecular complexity index is 690. The predicted octanol–water partition coefficient (Wildman–Crippen LogP) is 3.24. The number of methoxy groups -OCH3 is 1. The highest BCUT2D eigenvalue weighted by atomic mass is 16.5. The normalized spacial score (nSPS) is 19.7. The highest BCUT2D eigenvalue weighted by molar-refractivity contribution is 5.88. The minimum atomic E-state index is -0.945. The van der Waals surface area contributed by atoms with Gasteiger partial charge in [-0.05, 0) is 42.3 Å². The van der Waals surface area contributed by atoms with Gasteiger partial charge in [0.1, 0.15) is 17.1 Å². The number of benzene rings is 2. The molecule has 0 bridgehead atoms. The van der Waals surface area contributed by atoms with Crippen LogP contribution in [0.1, 0.15) is 28.4 Å². The van der Waals surface area contributed by atoms with E-state index in [4.69, 9.17) is 14.6 Å². The second-order valence-corrected chi connectivity index (χ2v) is 5.37. The van der Waals surface area contributed by atoms with Gasteiger partial charge in [-0.1, -0.05) is 18.2 Å². The molecule has 0 saturated carbocycles. The standard InChI is InChI=1S/C17H16O4/c1-17(13-5-7-14(20-2)8-6-13)10-12-4-3-11(16(18)19)9-15(12)21-17/h3-9H,10H2,1-2H3,(H,18,19). The Hall–Kier alpha value is -2.49. The summed E-state index contributed by atoms with van der Waals surface area (Å²) in [6, 6.07) is 12.8. The minimum Gasteiger partial charge on any atom is -0.497 e. The smallest absolute Gasteiger partial charge is 0.335 e. The van der Waals surface area contributed by atoms with Gasteiger partial charge in [0.15, 0.2) is 0 Å². The van der Waals surface area contributed by atoms with Crippen molar-refractivity contribution in [3.63, 3.8) is 0 Å². The molecule has 3 rings (SSSR count). The van der Waals surface area contributed by atoms with Crippen LogP contribution >= 0.6 is 0 Å².